The van der Waals surface area contributed by atoms with Crippen LogP contribution in [0.4, 0.5) is 4.39 Å². The number of halogens is 2. The Morgan fingerprint density at radius 2 is 2.00 bits per heavy atom. The molecule has 0 bridgehead atoms. The molecule has 0 spiro atoms. The third-order valence-electron chi connectivity index (χ3n) is 4.27. The van der Waals surface area contributed by atoms with Crippen molar-refractivity contribution >= 4 is 15.9 Å². The van der Waals surface area contributed by atoms with Crippen LogP contribution in [0.25, 0.3) is 0 Å². The summed E-state index contributed by atoms with van der Waals surface area (Å²) in [6, 6.07) is 4.87. The normalized spacial score (nSPS) is 18.2. The Morgan fingerprint density at radius 3 is 2.58 bits per heavy atom. The Morgan fingerprint density at radius 1 is 1.32 bits per heavy atom. The van der Waals surface area contributed by atoms with Crippen LogP contribution in [-0.4, -0.2) is 31.1 Å². The second-order valence-electron chi connectivity index (χ2n) is 5.67. The fourth-order valence-corrected chi connectivity index (χ4v) is 3.40. The van der Waals surface area contributed by atoms with E-state index < -0.39 is 0 Å². The van der Waals surface area contributed by atoms with Crippen LogP contribution in [0, 0.1) is 5.82 Å². The zero-order valence-electron chi connectivity index (χ0n) is 11.7. The van der Waals surface area contributed by atoms with Gasteiger partial charge in [0.05, 0.1) is 0 Å². The van der Waals surface area contributed by atoms with Crippen LogP contribution in [0.15, 0.2) is 22.7 Å². The molecule has 0 radical (unpaired) electrons. The van der Waals surface area contributed by atoms with Gasteiger partial charge in [-0.2, -0.15) is 0 Å². The zero-order chi connectivity index (χ0) is 13.9. The molecule has 0 aliphatic heterocycles. The number of nitrogens with one attached hydrogen (secondary N) is 1. The molecule has 0 saturated heterocycles. The molecule has 1 saturated carbocycles. The van der Waals surface area contributed by atoms with E-state index in [0.717, 1.165) is 23.1 Å². The van der Waals surface area contributed by atoms with Crippen molar-refractivity contribution in [2.24, 2.45) is 0 Å². The SMILES string of the molecule is CN(C)C1(CNCc2ccc(F)cc2Br)CCCC1. The maximum Gasteiger partial charge on any atom is 0.124 e. The minimum absolute atomic E-state index is 0.198. The number of rotatable bonds is 5. The van der Waals surface area contributed by atoms with Gasteiger partial charge in [0, 0.05) is 23.1 Å². The van der Waals surface area contributed by atoms with E-state index in [0.29, 0.717) is 5.54 Å². The number of hydrogen-bond acceptors (Lipinski definition) is 2. The van der Waals surface area contributed by atoms with Gasteiger partial charge in [-0.1, -0.05) is 34.8 Å². The molecule has 0 aromatic heterocycles. The first-order valence-corrected chi connectivity index (χ1v) is 7.65. The van der Waals surface area contributed by atoms with Gasteiger partial charge in [0.15, 0.2) is 0 Å². The standard InChI is InChI=1S/C15H22BrFN2/c1-19(2)15(7-3-4-8-15)11-18-10-12-5-6-13(17)9-14(12)16/h5-6,9,18H,3-4,7-8,10-11H2,1-2H3. The lowest BCUT2D eigenvalue weighted by molar-refractivity contribution is 0.153. The Bertz CT molecular complexity index is 428. The van der Waals surface area contributed by atoms with E-state index in [-0.39, 0.29) is 5.82 Å². The third-order valence-corrected chi connectivity index (χ3v) is 5.01. The van der Waals surface area contributed by atoms with E-state index >= 15 is 0 Å². The molecule has 0 heterocycles. The number of nitrogens with zero attached hydrogens (tertiary/aromatic N) is 1. The third kappa shape index (κ3) is 3.56. The van der Waals surface area contributed by atoms with Crippen LogP contribution >= 0.6 is 15.9 Å². The molecule has 1 aromatic rings. The lowest BCUT2D eigenvalue weighted by atomic mass is 9.96. The Labute approximate surface area is 123 Å². The van der Waals surface area contributed by atoms with Crippen molar-refractivity contribution in [1.82, 2.24) is 10.2 Å². The van der Waals surface area contributed by atoms with Crippen molar-refractivity contribution in [2.45, 2.75) is 37.8 Å². The minimum Gasteiger partial charge on any atom is -0.311 e. The van der Waals surface area contributed by atoms with Gasteiger partial charge in [-0.3, -0.25) is 0 Å². The summed E-state index contributed by atoms with van der Waals surface area (Å²) in [7, 11) is 4.33. The summed E-state index contributed by atoms with van der Waals surface area (Å²) in [5.41, 5.74) is 1.40. The molecule has 19 heavy (non-hydrogen) atoms. The predicted octanol–water partition coefficient (Wildman–Crippen LogP) is 3.55. The second kappa shape index (κ2) is 6.33. The van der Waals surface area contributed by atoms with E-state index in [1.165, 1.54) is 37.8 Å². The van der Waals surface area contributed by atoms with Gasteiger partial charge in [0.25, 0.3) is 0 Å². The highest BCUT2D eigenvalue weighted by Gasteiger charge is 2.35. The fourth-order valence-electron chi connectivity index (χ4n) is 2.91. The fraction of sp³-hybridized carbons (Fsp3) is 0.600. The van der Waals surface area contributed by atoms with Gasteiger partial charge in [-0.15, -0.1) is 0 Å². The van der Waals surface area contributed by atoms with Crippen molar-refractivity contribution in [3.8, 4) is 0 Å². The summed E-state index contributed by atoms with van der Waals surface area (Å²) in [5, 5.41) is 3.53. The minimum atomic E-state index is -0.198. The molecule has 2 nitrogen and oxygen atoms in total. The summed E-state index contributed by atoms with van der Waals surface area (Å²) in [6.07, 6.45) is 5.16. The molecule has 106 valence electrons. The number of benzene rings is 1. The zero-order valence-corrected chi connectivity index (χ0v) is 13.3. The monoisotopic (exact) mass is 328 g/mol. The van der Waals surface area contributed by atoms with Crippen LogP contribution in [0.3, 0.4) is 0 Å². The summed E-state index contributed by atoms with van der Waals surface area (Å²) >= 11 is 3.41. The first-order chi connectivity index (χ1) is 9.03. The smallest absolute Gasteiger partial charge is 0.124 e. The van der Waals surface area contributed by atoms with Gasteiger partial charge in [-0.05, 0) is 44.6 Å². The van der Waals surface area contributed by atoms with Gasteiger partial charge in [0.2, 0.25) is 0 Å². The van der Waals surface area contributed by atoms with E-state index in [2.05, 4.69) is 40.2 Å². The molecule has 0 amide bonds. The molecule has 0 unspecified atom stereocenters. The van der Waals surface area contributed by atoms with Crippen LogP contribution in [0.5, 0.6) is 0 Å². The first-order valence-electron chi connectivity index (χ1n) is 6.86. The average molecular weight is 329 g/mol. The van der Waals surface area contributed by atoms with Crippen LogP contribution in [0.1, 0.15) is 31.2 Å². The largest absolute Gasteiger partial charge is 0.311 e. The lowest BCUT2D eigenvalue weighted by Crippen LogP contribution is -2.49. The molecule has 4 heteroatoms. The molecule has 1 aliphatic rings. The first kappa shape index (κ1) is 14.9. The molecular formula is C15H22BrFN2. The highest BCUT2D eigenvalue weighted by Crippen LogP contribution is 2.33. The lowest BCUT2D eigenvalue weighted by Gasteiger charge is -2.36. The average Bonchev–Trinajstić information content (AvgIpc) is 2.82. The highest BCUT2D eigenvalue weighted by atomic mass is 79.9. The van der Waals surface area contributed by atoms with Crippen molar-refractivity contribution in [2.75, 3.05) is 20.6 Å². The predicted molar refractivity (Wildman–Crippen MR) is 80.7 cm³/mol. The van der Waals surface area contributed by atoms with Gasteiger partial charge < -0.3 is 10.2 Å². The topological polar surface area (TPSA) is 15.3 Å². The molecule has 1 fully saturated rings. The highest BCUT2D eigenvalue weighted by molar-refractivity contribution is 9.10. The van der Waals surface area contributed by atoms with Crippen molar-refractivity contribution < 1.29 is 4.39 Å². The molecule has 1 aromatic carbocycles. The Balaban J connectivity index is 1.92. The molecule has 2 rings (SSSR count). The second-order valence-corrected chi connectivity index (χ2v) is 6.52. The van der Waals surface area contributed by atoms with Crippen LogP contribution in [-0.2, 0) is 6.54 Å². The summed E-state index contributed by atoms with van der Waals surface area (Å²) < 4.78 is 13.9. The maximum absolute atomic E-state index is 13.0. The quantitative estimate of drug-likeness (QED) is 0.889. The van der Waals surface area contributed by atoms with Gasteiger partial charge >= 0.3 is 0 Å². The molecule has 1 N–H and O–H groups in total. The van der Waals surface area contributed by atoms with E-state index in [4.69, 9.17) is 0 Å². The summed E-state index contributed by atoms with van der Waals surface area (Å²) in [5.74, 6) is -0.198. The van der Waals surface area contributed by atoms with Crippen molar-refractivity contribution in [1.29, 1.82) is 0 Å². The summed E-state index contributed by atoms with van der Waals surface area (Å²) in [4.78, 5) is 2.35. The number of likely N-dealkylation sites (N-methyl/N-ethyl adjacent to an activating group) is 1. The van der Waals surface area contributed by atoms with Gasteiger partial charge in [-0.25, -0.2) is 4.39 Å². The maximum atomic E-state index is 13.0. The summed E-state index contributed by atoms with van der Waals surface area (Å²) in [6.45, 7) is 1.76. The Hall–Kier alpha value is -0.450. The van der Waals surface area contributed by atoms with Gasteiger partial charge in [0.1, 0.15) is 5.82 Å². The van der Waals surface area contributed by atoms with E-state index in [1.54, 1.807) is 0 Å². The molecule has 0 atom stereocenters. The van der Waals surface area contributed by atoms with Crippen molar-refractivity contribution in [3.05, 3.63) is 34.1 Å². The van der Waals surface area contributed by atoms with Crippen molar-refractivity contribution in [3.63, 3.8) is 0 Å². The Kier molecular flexibility index (Phi) is 4.98. The van der Waals surface area contributed by atoms with Crippen LogP contribution < -0.4 is 5.32 Å². The van der Waals surface area contributed by atoms with E-state index in [1.807, 2.05) is 6.07 Å². The number of hydrogen-bond donors (Lipinski definition) is 1. The molecular weight excluding hydrogens is 307 g/mol. The van der Waals surface area contributed by atoms with Crippen LogP contribution in [0.2, 0.25) is 0 Å². The van der Waals surface area contributed by atoms with E-state index in [9.17, 15) is 4.39 Å². The molecule has 1 aliphatic carbocycles.